The van der Waals surface area contributed by atoms with Crippen molar-refractivity contribution >= 4 is 11.9 Å². The SMILES string of the molecule is Cc1cc(C(=O)O[C@@H](C(=O)N(C)C)c2ccccc2)c(C)n1Cc1ccco1. The molecule has 0 N–H and O–H groups in total. The number of hydrogen-bond acceptors (Lipinski definition) is 4. The van der Waals surface area contributed by atoms with Gasteiger partial charge in [-0.3, -0.25) is 4.79 Å². The molecule has 2 aromatic heterocycles. The Hall–Kier alpha value is -3.28. The Morgan fingerprint density at radius 1 is 1.11 bits per heavy atom. The van der Waals surface area contributed by atoms with Gasteiger partial charge in [0, 0.05) is 31.0 Å². The second-order valence-electron chi connectivity index (χ2n) is 6.88. The molecule has 146 valence electrons. The fourth-order valence-electron chi connectivity index (χ4n) is 3.10. The second-order valence-corrected chi connectivity index (χ2v) is 6.88. The van der Waals surface area contributed by atoms with Gasteiger partial charge in [-0.25, -0.2) is 4.79 Å². The smallest absolute Gasteiger partial charge is 0.341 e. The highest BCUT2D eigenvalue weighted by molar-refractivity contribution is 5.94. The highest BCUT2D eigenvalue weighted by atomic mass is 16.5. The van der Waals surface area contributed by atoms with E-state index in [0.29, 0.717) is 17.7 Å². The number of hydrogen-bond donors (Lipinski definition) is 0. The van der Waals surface area contributed by atoms with Gasteiger partial charge in [0.1, 0.15) is 5.76 Å². The number of aromatic nitrogens is 1. The number of nitrogens with zero attached hydrogens (tertiary/aromatic N) is 2. The standard InChI is InChI=1S/C22H24N2O4/c1-15-13-19(16(2)24(15)14-18-11-8-12-27-18)22(26)28-20(21(25)23(3)4)17-9-6-5-7-10-17/h5-13,20H,14H2,1-4H3/t20-/m1/s1. The van der Waals surface area contributed by atoms with Gasteiger partial charge in [-0.2, -0.15) is 0 Å². The lowest BCUT2D eigenvalue weighted by atomic mass is 10.1. The van der Waals surface area contributed by atoms with E-state index in [9.17, 15) is 9.59 Å². The molecule has 0 aliphatic rings. The van der Waals surface area contributed by atoms with Crippen LogP contribution >= 0.6 is 0 Å². The largest absolute Gasteiger partial charge is 0.467 e. The van der Waals surface area contributed by atoms with Crippen molar-refractivity contribution < 1.29 is 18.7 Å². The summed E-state index contributed by atoms with van der Waals surface area (Å²) in [6.07, 6.45) is 0.632. The first-order chi connectivity index (χ1) is 13.4. The first-order valence-electron chi connectivity index (χ1n) is 9.04. The fraction of sp³-hybridized carbons (Fsp3) is 0.273. The summed E-state index contributed by atoms with van der Waals surface area (Å²) in [7, 11) is 3.28. The van der Waals surface area contributed by atoms with Gasteiger partial charge in [0.2, 0.25) is 6.10 Å². The average Bonchev–Trinajstić information content (AvgIpc) is 3.30. The number of rotatable bonds is 6. The van der Waals surface area contributed by atoms with Gasteiger partial charge in [0.15, 0.2) is 0 Å². The van der Waals surface area contributed by atoms with Crippen LogP contribution in [0.15, 0.2) is 59.2 Å². The number of furan rings is 1. The highest BCUT2D eigenvalue weighted by Crippen LogP contribution is 2.24. The van der Waals surface area contributed by atoms with Crippen molar-refractivity contribution in [3.8, 4) is 0 Å². The normalized spacial score (nSPS) is 11.9. The van der Waals surface area contributed by atoms with E-state index in [2.05, 4.69) is 0 Å². The lowest BCUT2D eigenvalue weighted by molar-refractivity contribution is -0.138. The quantitative estimate of drug-likeness (QED) is 0.611. The molecule has 3 rings (SSSR count). The molecule has 6 nitrogen and oxygen atoms in total. The maximum absolute atomic E-state index is 12.9. The van der Waals surface area contributed by atoms with Crippen LogP contribution in [0.3, 0.4) is 0 Å². The van der Waals surface area contributed by atoms with Crippen LogP contribution in [0.1, 0.15) is 39.2 Å². The zero-order valence-electron chi connectivity index (χ0n) is 16.5. The molecule has 2 heterocycles. The Balaban J connectivity index is 1.87. The van der Waals surface area contributed by atoms with Crippen LogP contribution in [0.4, 0.5) is 0 Å². The molecular formula is C22H24N2O4. The Kier molecular flexibility index (Phi) is 5.68. The Bertz CT molecular complexity index is 956. The first-order valence-corrected chi connectivity index (χ1v) is 9.04. The molecule has 0 fully saturated rings. The number of carbonyl (C=O) groups is 2. The molecule has 0 saturated heterocycles. The van der Waals surface area contributed by atoms with E-state index in [1.165, 1.54) is 4.90 Å². The van der Waals surface area contributed by atoms with Crippen molar-refractivity contribution in [3.63, 3.8) is 0 Å². The number of benzene rings is 1. The lowest BCUT2D eigenvalue weighted by Gasteiger charge is -2.21. The Morgan fingerprint density at radius 2 is 1.82 bits per heavy atom. The second kappa shape index (κ2) is 8.17. The summed E-state index contributed by atoms with van der Waals surface area (Å²) in [6.45, 7) is 4.31. The summed E-state index contributed by atoms with van der Waals surface area (Å²) in [5.41, 5.74) is 2.76. The molecule has 1 aromatic carbocycles. The monoisotopic (exact) mass is 380 g/mol. The van der Waals surface area contributed by atoms with Gasteiger partial charge in [0.05, 0.1) is 18.4 Å². The number of aryl methyl sites for hydroxylation is 1. The Morgan fingerprint density at radius 3 is 2.43 bits per heavy atom. The molecule has 0 bridgehead atoms. The molecule has 6 heteroatoms. The van der Waals surface area contributed by atoms with Gasteiger partial charge in [-0.1, -0.05) is 30.3 Å². The van der Waals surface area contributed by atoms with Gasteiger partial charge >= 0.3 is 5.97 Å². The van der Waals surface area contributed by atoms with Crippen LogP contribution in [-0.2, 0) is 16.1 Å². The van der Waals surface area contributed by atoms with Crippen LogP contribution in [-0.4, -0.2) is 35.4 Å². The molecule has 0 radical (unpaired) electrons. The number of likely N-dealkylation sites (N-methyl/N-ethyl adjacent to an activating group) is 1. The number of esters is 1. The maximum atomic E-state index is 12.9. The average molecular weight is 380 g/mol. The first kappa shape index (κ1) is 19.5. The van der Waals surface area contributed by atoms with E-state index in [4.69, 9.17) is 9.15 Å². The number of amides is 1. The molecule has 1 atom stereocenters. The van der Waals surface area contributed by atoms with Crippen molar-refractivity contribution in [2.75, 3.05) is 14.1 Å². The molecule has 0 unspecified atom stereocenters. The van der Waals surface area contributed by atoms with Crippen LogP contribution in [0, 0.1) is 13.8 Å². The van der Waals surface area contributed by atoms with Crippen molar-refractivity contribution in [2.24, 2.45) is 0 Å². The predicted molar refractivity (Wildman–Crippen MR) is 105 cm³/mol. The Labute approximate surface area is 164 Å². The summed E-state index contributed by atoms with van der Waals surface area (Å²) >= 11 is 0. The van der Waals surface area contributed by atoms with Gasteiger partial charge in [-0.05, 0) is 32.0 Å². The van der Waals surface area contributed by atoms with Crippen LogP contribution in [0.25, 0.3) is 0 Å². The van der Waals surface area contributed by atoms with E-state index in [1.54, 1.807) is 38.6 Å². The van der Waals surface area contributed by atoms with Crippen molar-refractivity contribution in [2.45, 2.75) is 26.5 Å². The molecule has 0 aliphatic carbocycles. The fourth-order valence-corrected chi connectivity index (χ4v) is 3.10. The van der Waals surface area contributed by atoms with E-state index in [0.717, 1.165) is 17.1 Å². The van der Waals surface area contributed by atoms with Crippen molar-refractivity contribution in [3.05, 3.63) is 83.1 Å². The minimum Gasteiger partial charge on any atom is -0.467 e. The third-order valence-corrected chi connectivity index (χ3v) is 4.68. The molecular weight excluding hydrogens is 356 g/mol. The minimum atomic E-state index is -0.989. The van der Waals surface area contributed by atoms with Crippen LogP contribution in [0.2, 0.25) is 0 Å². The molecule has 0 saturated carbocycles. The third-order valence-electron chi connectivity index (χ3n) is 4.68. The molecule has 28 heavy (non-hydrogen) atoms. The van der Waals surface area contributed by atoms with Crippen molar-refractivity contribution in [1.82, 2.24) is 9.47 Å². The number of ether oxygens (including phenoxy) is 1. The molecule has 0 spiro atoms. The number of carbonyl (C=O) groups excluding carboxylic acids is 2. The van der Waals surface area contributed by atoms with Gasteiger partial charge in [-0.15, -0.1) is 0 Å². The summed E-state index contributed by atoms with van der Waals surface area (Å²) in [5, 5.41) is 0. The van der Waals surface area contributed by atoms with Gasteiger partial charge in [0.25, 0.3) is 5.91 Å². The van der Waals surface area contributed by atoms with E-state index in [1.807, 2.05) is 48.7 Å². The van der Waals surface area contributed by atoms with E-state index in [-0.39, 0.29) is 5.91 Å². The highest BCUT2D eigenvalue weighted by Gasteiger charge is 2.28. The molecule has 0 aliphatic heterocycles. The summed E-state index contributed by atoms with van der Waals surface area (Å²) in [5.74, 6) is -0.0153. The summed E-state index contributed by atoms with van der Waals surface area (Å²) in [4.78, 5) is 26.9. The minimum absolute atomic E-state index is 0.288. The third kappa shape index (κ3) is 4.01. The summed E-state index contributed by atoms with van der Waals surface area (Å²) in [6, 6.07) is 14.5. The zero-order valence-corrected chi connectivity index (χ0v) is 16.5. The zero-order chi connectivity index (χ0) is 20.3. The van der Waals surface area contributed by atoms with Crippen LogP contribution < -0.4 is 0 Å². The van der Waals surface area contributed by atoms with Gasteiger partial charge < -0.3 is 18.6 Å². The molecule has 1 amide bonds. The van der Waals surface area contributed by atoms with E-state index >= 15 is 0 Å². The topological polar surface area (TPSA) is 64.7 Å². The van der Waals surface area contributed by atoms with Crippen molar-refractivity contribution in [1.29, 1.82) is 0 Å². The summed E-state index contributed by atoms with van der Waals surface area (Å²) < 4.78 is 13.1. The maximum Gasteiger partial charge on any atom is 0.341 e. The van der Waals surface area contributed by atoms with Crippen LogP contribution in [0.5, 0.6) is 0 Å². The molecule has 3 aromatic rings. The lowest BCUT2D eigenvalue weighted by Crippen LogP contribution is -2.31. The predicted octanol–water partition coefficient (Wildman–Crippen LogP) is 3.73. The van der Waals surface area contributed by atoms with E-state index < -0.39 is 12.1 Å².